The quantitative estimate of drug-likeness (QED) is 0.395. The second kappa shape index (κ2) is 6.24. The van der Waals surface area contributed by atoms with Crippen LogP contribution >= 0.6 is 0 Å². The van der Waals surface area contributed by atoms with Crippen LogP contribution < -0.4 is 11.5 Å². The van der Waals surface area contributed by atoms with E-state index in [1.807, 2.05) is 6.92 Å². The van der Waals surface area contributed by atoms with Crippen molar-refractivity contribution in [2.75, 3.05) is 6.54 Å². The zero-order valence-electron chi connectivity index (χ0n) is 7.09. The van der Waals surface area contributed by atoms with Gasteiger partial charge in [-0.25, -0.2) is 5.53 Å². The van der Waals surface area contributed by atoms with Gasteiger partial charge in [0.15, 0.2) is 0 Å². The first-order chi connectivity index (χ1) is 5.22. The van der Waals surface area contributed by atoms with Gasteiger partial charge in [-0.3, -0.25) is 0 Å². The topological polar surface area (TPSA) is 88.2 Å². The zero-order chi connectivity index (χ0) is 8.69. The highest BCUT2D eigenvalue weighted by Crippen LogP contribution is 2.04. The highest BCUT2D eigenvalue weighted by Gasteiger charge is 2.09. The van der Waals surface area contributed by atoms with Crippen molar-refractivity contribution in [2.24, 2.45) is 16.6 Å². The summed E-state index contributed by atoms with van der Waals surface area (Å²) in [5.41, 5.74) is 17.8. The van der Waals surface area contributed by atoms with Crippen molar-refractivity contribution in [3.8, 4) is 0 Å². The Bertz CT molecular complexity index is 105. The summed E-state index contributed by atoms with van der Waals surface area (Å²) in [6.07, 6.45) is 2.97. The fourth-order valence-corrected chi connectivity index (χ4v) is 0.861. The maximum atomic E-state index is 6.74. The minimum absolute atomic E-state index is 0.0269. The number of hydrogen-bond donors (Lipinski definition) is 3. The molecule has 0 spiro atoms. The van der Waals surface area contributed by atoms with Crippen LogP contribution in [-0.2, 0) is 0 Å². The highest BCUT2D eigenvalue weighted by atomic mass is 15.0. The lowest BCUT2D eigenvalue weighted by Gasteiger charge is -2.13. The van der Waals surface area contributed by atoms with Gasteiger partial charge in [0.05, 0.1) is 6.04 Å². The van der Waals surface area contributed by atoms with Gasteiger partial charge in [0, 0.05) is 6.04 Å². The van der Waals surface area contributed by atoms with Gasteiger partial charge in [0.1, 0.15) is 0 Å². The largest absolute Gasteiger partial charge is 0.330 e. The number of nitrogens with one attached hydrogen (secondary N) is 1. The Balaban J connectivity index is 3.35. The number of nitrogens with two attached hydrogens (primary N) is 2. The molecule has 0 saturated heterocycles. The van der Waals surface area contributed by atoms with E-state index in [4.69, 9.17) is 17.0 Å². The first-order valence-electron chi connectivity index (χ1n) is 4.04. The van der Waals surface area contributed by atoms with Crippen molar-refractivity contribution in [3.05, 3.63) is 0 Å². The van der Waals surface area contributed by atoms with Gasteiger partial charge in [-0.05, 0) is 26.3 Å². The summed E-state index contributed by atoms with van der Waals surface area (Å²) in [5, 5.41) is 3.36. The molecular weight excluding hydrogens is 140 g/mol. The molecule has 4 heteroatoms. The van der Waals surface area contributed by atoms with E-state index in [2.05, 4.69) is 5.11 Å². The fourth-order valence-electron chi connectivity index (χ4n) is 0.861. The fraction of sp³-hybridized carbons (Fsp3) is 1.00. The third-order valence-electron chi connectivity index (χ3n) is 1.81. The maximum Gasteiger partial charge on any atom is 0.0828 e. The molecule has 0 aliphatic carbocycles. The summed E-state index contributed by atoms with van der Waals surface area (Å²) in [6, 6.07) is -0.0215. The molecule has 0 heterocycles. The zero-order valence-corrected chi connectivity index (χ0v) is 7.09. The number of unbranched alkanes of at least 4 members (excludes halogenated alkanes) is 1. The summed E-state index contributed by atoms with van der Waals surface area (Å²) in [4.78, 5) is 0. The maximum absolute atomic E-state index is 6.74. The Morgan fingerprint density at radius 2 is 2.09 bits per heavy atom. The lowest BCUT2D eigenvalue weighted by atomic mass is 10.1. The van der Waals surface area contributed by atoms with Gasteiger partial charge < -0.3 is 11.5 Å². The first-order valence-corrected chi connectivity index (χ1v) is 4.04. The van der Waals surface area contributed by atoms with Crippen LogP contribution in [0.3, 0.4) is 0 Å². The van der Waals surface area contributed by atoms with Gasteiger partial charge in [0.25, 0.3) is 0 Å². The van der Waals surface area contributed by atoms with Crippen LogP contribution in [0.4, 0.5) is 0 Å². The van der Waals surface area contributed by atoms with Crippen molar-refractivity contribution >= 4 is 0 Å². The Morgan fingerprint density at radius 3 is 2.55 bits per heavy atom. The van der Waals surface area contributed by atoms with Crippen molar-refractivity contribution in [3.63, 3.8) is 0 Å². The van der Waals surface area contributed by atoms with Gasteiger partial charge >= 0.3 is 0 Å². The molecule has 0 aromatic heterocycles. The SMILES string of the molecule is CC(N=N)C(N)CCCCN. The van der Waals surface area contributed by atoms with Crippen LogP contribution in [0.2, 0.25) is 0 Å². The summed E-state index contributed by atoms with van der Waals surface area (Å²) in [7, 11) is 0. The third kappa shape index (κ3) is 4.86. The van der Waals surface area contributed by atoms with Crippen molar-refractivity contribution < 1.29 is 0 Å². The Hall–Kier alpha value is -0.480. The van der Waals surface area contributed by atoms with E-state index in [0.717, 1.165) is 25.8 Å². The normalized spacial score (nSPS) is 15.9. The van der Waals surface area contributed by atoms with Crippen molar-refractivity contribution in [1.82, 2.24) is 0 Å². The van der Waals surface area contributed by atoms with E-state index < -0.39 is 0 Å². The highest BCUT2D eigenvalue weighted by molar-refractivity contribution is 4.72. The molecular formula is C7H18N4. The Labute approximate surface area is 67.8 Å². The average molecular weight is 158 g/mol. The molecule has 66 valence electrons. The second-order valence-corrected chi connectivity index (χ2v) is 2.82. The molecule has 0 saturated carbocycles. The molecule has 0 radical (unpaired) electrons. The molecule has 0 aliphatic rings. The van der Waals surface area contributed by atoms with Crippen LogP contribution in [0, 0.1) is 5.53 Å². The number of hydrogen-bond acceptors (Lipinski definition) is 4. The average Bonchev–Trinajstić information content (AvgIpc) is 2.03. The van der Waals surface area contributed by atoms with E-state index in [-0.39, 0.29) is 12.1 Å². The lowest BCUT2D eigenvalue weighted by molar-refractivity contribution is 0.482. The smallest absolute Gasteiger partial charge is 0.0828 e. The van der Waals surface area contributed by atoms with Crippen molar-refractivity contribution in [2.45, 2.75) is 38.3 Å². The van der Waals surface area contributed by atoms with Crippen LogP contribution in [0.25, 0.3) is 0 Å². The van der Waals surface area contributed by atoms with E-state index >= 15 is 0 Å². The monoisotopic (exact) mass is 158 g/mol. The molecule has 5 N–H and O–H groups in total. The number of rotatable bonds is 6. The summed E-state index contributed by atoms with van der Waals surface area (Å²) in [5.74, 6) is 0. The predicted octanol–water partition coefficient (Wildman–Crippen LogP) is 0.862. The Morgan fingerprint density at radius 1 is 1.45 bits per heavy atom. The third-order valence-corrected chi connectivity index (χ3v) is 1.81. The van der Waals surface area contributed by atoms with E-state index in [0.29, 0.717) is 0 Å². The van der Waals surface area contributed by atoms with Gasteiger partial charge in [-0.1, -0.05) is 6.42 Å². The van der Waals surface area contributed by atoms with E-state index in [1.165, 1.54) is 0 Å². The summed E-state index contributed by atoms with van der Waals surface area (Å²) in [6.45, 7) is 2.58. The second-order valence-electron chi connectivity index (χ2n) is 2.82. The predicted molar refractivity (Wildman–Crippen MR) is 45.5 cm³/mol. The molecule has 0 fully saturated rings. The molecule has 0 aromatic rings. The van der Waals surface area contributed by atoms with Gasteiger partial charge in [0.2, 0.25) is 0 Å². The summed E-state index contributed by atoms with van der Waals surface area (Å²) < 4.78 is 0. The Kier molecular flexibility index (Phi) is 5.97. The van der Waals surface area contributed by atoms with Gasteiger partial charge in [-0.15, -0.1) is 0 Å². The molecule has 11 heavy (non-hydrogen) atoms. The molecule has 0 rings (SSSR count). The molecule has 0 aliphatic heterocycles. The molecule has 2 unspecified atom stereocenters. The van der Waals surface area contributed by atoms with Crippen molar-refractivity contribution in [1.29, 1.82) is 5.53 Å². The van der Waals surface area contributed by atoms with Crippen LogP contribution in [0.5, 0.6) is 0 Å². The minimum atomic E-state index is -0.0484. The standard InChI is InChI=1S/C7H18N4/c1-6(11-10)7(9)4-2-3-5-8/h6-7,10H,2-5,8-9H2,1H3. The molecule has 2 atom stereocenters. The lowest BCUT2D eigenvalue weighted by Crippen LogP contribution is -2.30. The minimum Gasteiger partial charge on any atom is -0.330 e. The number of nitrogens with zero attached hydrogens (tertiary/aromatic N) is 1. The van der Waals surface area contributed by atoms with E-state index in [1.54, 1.807) is 0 Å². The molecule has 0 bridgehead atoms. The van der Waals surface area contributed by atoms with E-state index in [9.17, 15) is 0 Å². The molecule has 4 nitrogen and oxygen atoms in total. The van der Waals surface area contributed by atoms with Crippen LogP contribution in [0.15, 0.2) is 5.11 Å². The summed E-state index contributed by atoms with van der Waals surface area (Å²) >= 11 is 0. The molecule has 0 aromatic carbocycles. The first kappa shape index (κ1) is 10.5. The van der Waals surface area contributed by atoms with Crippen LogP contribution in [0.1, 0.15) is 26.2 Å². The molecule has 0 amide bonds. The van der Waals surface area contributed by atoms with Crippen LogP contribution in [-0.4, -0.2) is 18.6 Å². The van der Waals surface area contributed by atoms with Gasteiger partial charge in [-0.2, -0.15) is 5.11 Å².